The fourth-order valence-electron chi connectivity index (χ4n) is 3.23. The average Bonchev–Trinajstić information content (AvgIpc) is 3.20. The number of fused-ring (bicyclic) bond motifs is 1. The normalized spacial score (nSPS) is 11.0. The number of nitrogens with zero attached hydrogens (tertiary/aromatic N) is 2. The molecule has 0 saturated heterocycles. The first-order valence-electron chi connectivity index (χ1n) is 9.02. The summed E-state index contributed by atoms with van der Waals surface area (Å²) in [5, 5.41) is 3.00. The third-order valence-corrected chi connectivity index (χ3v) is 4.52. The second kappa shape index (κ2) is 7.50. The van der Waals surface area contributed by atoms with Gasteiger partial charge in [-0.1, -0.05) is 36.4 Å². The Morgan fingerprint density at radius 3 is 2.70 bits per heavy atom. The molecular weight excluding hydrogens is 338 g/mol. The summed E-state index contributed by atoms with van der Waals surface area (Å²) in [4.78, 5) is 17.1. The van der Waals surface area contributed by atoms with Gasteiger partial charge in [0.1, 0.15) is 11.5 Å². The van der Waals surface area contributed by atoms with Crippen LogP contribution in [0.3, 0.4) is 0 Å². The molecule has 0 radical (unpaired) electrons. The number of nitrogens with one attached hydrogen (secondary N) is 1. The summed E-state index contributed by atoms with van der Waals surface area (Å²) in [5.41, 5.74) is 4.37. The van der Waals surface area contributed by atoms with Crippen LogP contribution >= 0.6 is 0 Å². The first-order chi connectivity index (χ1) is 13.2. The number of benzene rings is 1. The molecule has 0 aliphatic rings. The third kappa shape index (κ3) is 3.77. The Kier molecular flexibility index (Phi) is 4.75. The zero-order chi connectivity index (χ0) is 18.6. The summed E-state index contributed by atoms with van der Waals surface area (Å²) in [7, 11) is 0. The van der Waals surface area contributed by atoms with Crippen molar-refractivity contribution in [1.29, 1.82) is 0 Å². The van der Waals surface area contributed by atoms with E-state index in [2.05, 4.69) is 22.4 Å². The Morgan fingerprint density at radius 2 is 1.93 bits per heavy atom. The Labute approximate surface area is 157 Å². The van der Waals surface area contributed by atoms with Crippen LogP contribution in [0, 0.1) is 6.92 Å². The number of carbonyl (C=O) groups is 1. The zero-order valence-electron chi connectivity index (χ0n) is 15.2. The van der Waals surface area contributed by atoms with Crippen molar-refractivity contribution in [1.82, 2.24) is 14.9 Å². The molecule has 3 heterocycles. The molecule has 4 aromatic rings. The van der Waals surface area contributed by atoms with Gasteiger partial charge < -0.3 is 14.3 Å². The molecule has 0 spiro atoms. The van der Waals surface area contributed by atoms with E-state index in [4.69, 9.17) is 4.42 Å². The molecule has 0 saturated carbocycles. The number of hydrogen-bond acceptors (Lipinski definition) is 3. The molecule has 0 aliphatic heterocycles. The van der Waals surface area contributed by atoms with Gasteiger partial charge in [-0.25, -0.2) is 0 Å². The molecule has 1 N–H and O–H groups in total. The van der Waals surface area contributed by atoms with Crippen LogP contribution in [0.25, 0.3) is 11.1 Å². The van der Waals surface area contributed by atoms with E-state index in [9.17, 15) is 4.79 Å². The van der Waals surface area contributed by atoms with E-state index in [1.54, 1.807) is 6.20 Å². The maximum atomic E-state index is 12.8. The molecule has 5 nitrogen and oxygen atoms in total. The zero-order valence-corrected chi connectivity index (χ0v) is 15.2. The van der Waals surface area contributed by atoms with Crippen molar-refractivity contribution in [2.45, 2.75) is 19.9 Å². The molecule has 27 heavy (non-hydrogen) atoms. The van der Waals surface area contributed by atoms with E-state index in [1.165, 1.54) is 0 Å². The van der Waals surface area contributed by atoms with E-state index in [-0.39, 0.29) is 5.91 Å². The minimum absolute atomic E-state index is 0.106. The highest BCUT2D eigenvalue weighted by Gasteiger charge is 2.18. The molecular formula is C22H21N3O2. The summed E-state index contributed by atoms with van der Waals surface area (Å²) >= 11 is 0. The Bertz CT molecular complexity index is 1050. The molecule has 0 unspecified atom stereocenters. The van der Waals surface area contributed by atoms with E-state index >= 15 is 0 Å². The van der Waals surface area contributed by atoms with Crippen molar-refractivity contribution in [3.05, 3.63) is 89.6 Å². The second-order valence-corrected chi connectivity index (χ2v) is 6.53. The molecule has 0 bridgehead atoms. The van der Waals surface area contributed by atoms with Crippen LogP contribution < -0.4 is 5.32 Å². The predicted octanol–water partition coefficient (Wildman–Crippen LogP) is 3.96. The van der Waals surface area contributed by atoms with Gasteiger partial charge in [-0.3, -0.25) is 9.78 Å². The number of amides is 1. The van der Waals surface area contributed by atoms with Gasteiger partial charge in [0.2, 0.25) is 0 Å². The number of rotatable bonds is 6. The Morgan fingerprint density at radius 1 is 1.11 bits per heavy atom. The second-order valence-electron chi connectivity index (χ2n) is 6.53. The van der Waals surface area contributed by atoms with Crippen molar-refractivity contribution < 1.29 is 9.21 Å². The number of hydrogen-bond donors (Lipinski definition) is 1. The SMILES string of the molecule is Cc1cc2c(cc(C(=O)NCCc3ccccn3)n2Cc2ccccc2)o1. The highest BCUT2D eigenvalue weighted by Crippen LogP contribution is 2.25. The molecule has 1 aromatic carbocycles. The number of aromatic nitrogens is 2. The van der Waals surface area contributed by atoms with E-state index < -0.39 is 0 Å². The van der Waals surface area contributed by atoms with E-state index in [0.29, 0.717) is 25.2 Å². The van der Waals surface area contributed by atoms with Crippen molar-refractivity contribution in [2.24, 2.45) is 0 Å². The van der Waals surface area contributed by atoms with Gasteiger partial charge in [0.05, 0.1) is 5.52 Å². The van der Waals surface area contributed by atoms with Gasteiger partial charge in [0.25, 0.3) is 5.91 Å². The van der Waals surface area contributed by atoms with Crippen LogP contribution in [-0.4, -0.2) is 22.0 Å². The van der Waals surface area contributed by atoms with Crippen molar-refractivity contribution >= 4 is 17.0 Å². The smallest absolute Gasteiger partial charge is 0.268 e. The van der Waals surface area contributed by atoms with Crippen LogP contribution in [0.4, 0.5) is 0 Å². The van der Waals surface area contributed by atoms with Gasteiger partial charge in [-0.15, -0.1) is 0 Å². The molecule has 0 aliphatic carbocycles. The Balaban J connectivity index is 1.55. The van der Waals surface area contributed by atoms with Crippen LogP contribution in [-0.2, 0) is 13.0 Å². The van der Waals surface area contributed by atoms with Crippen LogP contribution in [0.15, 0.2) is 71.3 Å². The number of carbonyl (C=O) groups excluding carboxylic acids is 1. The van der Waals surface area contributed by atoms with Gasteiger partial charge in [-0.2, -0.15) is 0 Å². The molecule has 1 amide bonds. The lowest BCUT2D eigenvalue weighted by Gasteiger charge is -2.11. The fraction of sp³-hybridized carbons (Fsp3) is 0.182. The number of furan rings is 1. The highest BCUT2D eigenvalue weighted by atomic mass is 16.3. The van der Waals surface area contributed by atoms with Gasteiger partial charge in [-0.05, 0) is 24.6 Å². The van der Waals surface area contributed by atoms with Gasteiger partial charge in [0.15, 0.2) is 5.58 Å². The van der Waals surface area contributed by atoms with Crippen molar-refractivity contribution in [2.75, 3.05) is 6.54 Å². The maximum absolute atomic E-state index is 12.8. The van der Waals surface area contributed by atoms with Crippen LogP contribution in [0.2, 0.25) is 0 Å². The number of pyridine rings is 1. The summed E-state index contributed by atoms with van der Waals surface area (Å²) in [6.45, 7) is 3.07. The predicted molar refractivity (Wildman–Crippen MR) is 105 cm³/mol. The molecule has 5 heteroatoms. The molecule has 0 fully saturated rings. The first-order valence-corrected chi connectivity index (χ1v) is 9.02. The molecule has 3 aromatic heterocycles. The summed E-state index contributed by atoms with van der Waals surface area (Å²) in [6, 6.07) is 19.7. The molecule has 0 atom stereocenters. The summed E-state index contributed by atoms with van der Waals surface area (Å²) in [6.07, 6.45) is 2.46. The van der Waals surface area contributed by atoms with Gasteiger partial charge in [0, 0.05) is 43.5 Å². The lowest BCUT2D eigenvalue weighted by Crippen LogP contribution is -2.28. The molecule has 4 rings (SSSR count). The summed E-state index contributed by atoms with van der Waals surface area (Å²) in [5.74, 6) is 0.731. The minimum Gasteiger partial charge on any atom is -0.460 e. The summed E-state index contributed by atoms with van der Waals surface area (Å²) < 4.78 is 7.75. The standard InChI is InChI=1S/C22H21N3O2/c1-16-13-19-21(27-16)14-20(25(19)15-17-7-3-2-4-8-17)22(26)24-12-10-18-9-5-6-11-23-18/h2-9,11,13-14H,10,12,15H2,1H3,(H,24,26). The quantitative estimate of drug-likeness (QED) is 0.567. The van der Waals surface area contributed by atoms with Crippen LogP contribution in [0.5, 0.6) is 0 Å². The van der Waals surface area contributed by atoms with Gasteiger partial charge >= 0.3 is 0 Å². The maximum Gasteiger partial charge on any atom is 0.268 e. The Hall–Kier alpha value is -3.34. The molecule has 136 valence electrons. The van der Waals surface area contributed by atoms with Crippen molar-refractivity contribution in [3.8, 4) is 0 Å². The van der Waals surface area contributed by atoms with E-state index in [1.807, 2.05) is 60.0 Å². The largest absolute Gasteiger partial charge is 0.460 e. The monoisotopic (exact) mass is 359 g/mol. The first kappa shape index (κ1) is 17.1. The lowest BCUT2D eigenvalue weighted by atomic mass is 10.2. The van der Waals surface area contributed by atoms with E-state index in [0.717, 1.165) is 28.1 Å². The third-order valence-electron chi connectivity index (χ3n) is 4.52. The minimum atomic E-state index is -0.106. The van der Waals surface area contributed by atoms with Crippen molar-refractivity contribution in [3.63, 3.8) is 0 Å². The highest BCUT2D eigenvalue weighted by molar-refractivity contribution is 5.97. The average molecular weight is 359 g/mol. The van der Waals surface area contributed by atoms with Crippen LogP contribution in [0.1, 0.15) is 27.5 Å². The number of aryl methyl sites for hydroxylation is 1. The fourth-order valence-corrected chi connectivity index (χ4v) is 3.23. The lowest BCUT2D eigenvalue weighted by molar-refractivity contribution is 0.0945. The topological polar surface area (TPSA) is 60.1 Å².